The first-order valence-corrected chi connectivity index (χ1v) is 10.2. The number of esters is 1. The highest BCUT2D eigenvalue weighted by Crippen LogP contribution is 2.28. The Balaban J connectivity index is 1.36. The monoisotopic (exact) mass is 398 g/mol. The normalized spacial score (nSPS) is 18.9. The van der Waals surface area contributed by atoms with E-state index in [2.05, 4.69) is 15.6 Å². The molecule has 3 aromatic carbocycles. The highest BCUT2D eigenvalue weighted by atomic mass is 16.5. The molecule has 0 unspecified atom stereocenters. The van der Waals surface area contributed by atoms with Gasteiger partial charge in [0.1, 0.15) is 6.10 Å². The van der Waals surface area contributed by atoms with E-state index in [0.717, 1.165) is 35.1 Å². The molecule has 0 amide bonds. The van der Waals surface area contributed by atoms with Crippen molar-refractivity contribution < 1.29 is 9.53 Å². The second kappa shape index (κ2) is 8.08. The van der Waals surface area contributed by atoms with Crippen molar-refractivity contribution in [2.24, 2.45) is 0 Å². The lowest BCUT2D eigenvalue weighted by Crippen LogP contribution is -2.42. The number of rotatable bonds is 4. The zero-order valence-corrected chi connectivity index (χ0v) is 16.4. The fourth-order valence-corrected chi connectivity index (χ4v) is 3.97. The second-order valence-electron chi connectivity index (χ2n) is 7.53. The summed E-state index contributed by atoms with van der Waals surface area (Å²) in [6.45, 7) is 1.45. The molecular formula is C24H22N4O2. The number of hydrogen-bond donors (Lipinski definition) is 1. The Morgan fingerprint density at radius 3 is 2.67 bits per heavy atom. The van der Waals surface area contributed by atoms with Gasteiger partial charge < -0.3 is 10.1 Å². The summed E-state index contributed by atoms with van der Waals surface area (Å²) >= 11 is 0. The fraction of sp³-hybridized carbons (Fsp3) is 0.208. The van der Waals surface area contributed by atoms with Crippen LogP contribution in [-0.2, 0) is 4.74 Å². The molecule has 0 saturated carbocycles. The first kappa shape index (κ1) is 18.5. The van der Waals surface area contributed by atoms with Crippen LogP contribution in [0.1, 0.15) is 28.4 Å². The molecule has 1 aliphatic rings. The number of fused-ring (bicyclic) bond motifs is 1. The van der Waals surface area contributed by atoms with Gasteiger partial charge in [0.15, 0.2) is 0 Å². The molecule has 1 saturated heterocycles. The van der Waals surface area contributed by atoms with Crippen molar-refractivity contribution in [2.45, 2.75) is 18.4 Å². The number of ether oxygens (including phenoxy) is 1. The van der Waals surface area contributed by atoms with E-state index in [9.17, 15) is 4.79 Å². The van der Waals surface area contributed by atoms with Crippen LogP contribution in [0.5, 0.6) is 0 Å². The van der Waals surface area contributed by atoms with Gasteiger partial charge in [-0.3, -0.25) is 0 Å². The first-order valence-electron chi connectivity index (χ1n) is 10.2. The number of hydrogen-bond acceptors (Lipinski definition) is 5. The minimum atomic E-state index is -0.310. The maximum Gasteiger partial charge on any atom is 0.338 e. The van der Waals surface area contributed by atoms with E-state index in [0.29, 0.717) is 12.1 Å². The number of benzene rings is 3. The van der Waals surface area contributed by atoms with Gasteiger partial charge in [0.25, 0.3) is 0 Å². The summed E-state index contributed by atoms with van der Waals surface area (Å²) in [5.74, 6) is -0.303. The van der Waals surface area contributed by atoms with Crippen LogP contribution in [-0.4, -0.2) is 40.2 Å². The molecule has 1 aromatic heterocycles. The first-order chi connectivity index (χ1) is 14.8. The average molecular weight is 398 g/mol. The summed E-state index contributed by atoms with van der Waals surface area (Å²) in [5.41, 5.74) is 2.36. The molecule has 0 bridgehead atoms. The van der Waals surface area contributed by atoms with Crippen molar-refractivity contribution in [3.05, 3.63) is 90.3 Å². The van der Waals surface area contributed by atoms with Crippen LogP contribution in [0.25, 0.3) is 16.5 Å². The molecule has 2 atom stereocenters. The van der Waals surface area contributed by atoms with Gasteiger partial charge in [0.05, 0.1) is 23.1 Å². The number of para-hydroxylation sites is 1. The van der Waals surface area contributed by atoms with Gasteiger partial charge in [-0.25, -0.2) is 9.48 Å². The summed E-state index contributed by atoms with van der Waals surface area (Å²) in [5, 5.41) is 14.1. The van der Waals surface area contributed by atoms with Crippen LogP contribution in [0.2, 0.25) is 0 Å². The Labute approximate surface area is 174 Å². The van der Waals surface area contributed by atoms with Crippen LogP contribution in [0.4, 0.5) is 0 Å². The molecule has 2 heterocycles. The zero-order valence-electron chi connectivity index (χ0n) is 16.4. The van der Waals surface area contributed by atoms with Crippen LogP contribution >= 0.6 is 0 Å². The maximum atomic E-state index is 12.9. The van der Waals surface area contributed by atoms with Gasteiger partial charge in [0, 0.05) is 12.5 Å². The summed E-state index contributed by atoms with van der Waals surface area (Å²) in [7, 11) is 0. The third-order valence-electron chi connectivity index (χ3n) is 5.58. The lowest BCUT2D eigenvalue weighted by Gasteiger charge is -2.30. The molecule has 1 N–H and O–H groups in total. The van der Waals surface area contributed by atoms with Crippen LogP contribution in [0.15, 0.2) is 79.0 Å². The summed E-state index contributed by atoms with van der Waals surface area (Å²) < 4.78 is 7.69. The van der Waals surface area contributed by atoms with E-state index in [1.165, 1.54) is 0 Å². The SMILES string of the molecule is O=C(O[C@H]1CNCC[C@@H]1c1cn(-c2ccccc2)nn1)c1ccc2ccccc2c1. The van der Waals surface area contributed by atoms with Crippen LogP contribution in [0, 0.1) is 0 Å². The second-order valence-corrected chi connectivity index (χ2v) is 7.53. The Kier molecular flexibility index (Phi) is 4.99. The molecule has 4 aromatic rings. The minimum Gasteiger partial charge on any atom is -0.457 e. The highest BCUT2D eigenvalue weighted by molar-refractivity contribution is 5.95. The molecule has 6 heteroatoms. The van der Waals surface area contributed by atoms with Gasteiger partial charge in [-0.05, 0) is 48.0 Å². The molecule has 1 fully saturated rings. The Hall–Kier alpha value is -3.51. The largest absolute Gasteiger partial charge is 0.457 e. The van der Waals surface area contributed by atoms with E-state index in [1.54, 1.807) is 4.68 Å². The number of nitrogens with one attached hydrogen (secondary N) is 1. The van der Waals surface area contributed by atoms with E-state index in [-0.39, 0.29) is 18.0 Å². The topological polar surface area (TPSA) is 69.0 Å². The quantitative estimate of drug-likeness (QED) is 0.531. The van der Waals surface area contributed by atoms with E-state index < -0.39 is 0 Å². The van der Waals surface area contributed by atoms with Crippen molar-refractivity contribution >= 4 is 16.7 Å². The molecule has 0 spiro atoms. The predicted molar refractivity (Wildman–Crippen MR) is 115 cm³/mol. The zero-order chi connectivity index (χ0) is 20.3. The lowest BCUT2D eigenvalue weighted by atomic mass is 9.92. The molecule has 30 heavy (non-hydrogen) atoms. The molecule has 0 radical (unpaired) electrons. The smallest absolute Gasteiger partial charge is 0.338 e. The number of aromatic nitrogens is 3. The van der Waals surface area contributed by atoms with Crippen LogP contribution in [0.3, 0.4) is 0 Å². The molecule has 1 aliphatic heterocycles. The number of nitrogens with zero attached hydrogens (tertiary/aromatic N) is 3. The van der Waals surface area contributed by atoms with Crippen molar-refractivity contribution in [3.8, 4) is 5.69 Å². The van der Waals surface area contributed by atoms with Gasteiger partial charge >= 0.3 is 5.97 Å². The van der Waals surface area contributed by atoms with E-state index in [4.69, 9.17) is 4.74 Å². The minimum absolute atomic E-state index is 0.00752. The van der Waals surface area contributed by atoms with E-state index >= 15 is 0 Å². The van der Waals surface area contributed by atoms with Crippen molar-refractivity contribution in [1.29, 1.82) is 0 Å². The van der Waals surface area contributed by atoms with Gasteiger partial charge in [-0.15, -0.1) is 5.10 Å². The van der Waals surface area contributed by atoms with Gasteiger partial charge in [0.2, 0.25) is 0 Å². The van der Waals surface area contributed by atoms with Gasteiger partial charge in [-0.1, -0.05) is 53.7 Å². The third-order valence-corrected chi connectivity index (χ3v) is 5.58. The predicted octanol–water partition coefficient (Wildman–Crippen LogP) is 3.72. The van der Waals surface area contributed by atoms with Gasteiger partial charge in [-0.2, -0.15) is 0 Å². The maximum absolute atomic E-state index is 12.9. The van der Waals surface area contributed by atoms with Crippen molar-refractivity contribution in [3.63, 3.8) is 0 Å². The van der Waals surface area contributed by atoms with E-state index in [1.807, 2.05) is 79.0 Å². The summed E-state index contributed by atoms with van der Waals surface area (Å²) in [6, 6.07) is 23.5. The number of piperidine rings is 1. The summed E-state index contributed by atoms with van der Waals surface area (Å²) in [6.07, 6.45) is 2.48. The Morgan fingerprint density at radius 1 is 1.00 bits per heavy atom. The molecule has 150 valence electrons. The highest BCUT2D eigenvalue weighted by Gasteiger charge is 2.32. The average Bonchev–Trinajstić information content (AvgIpc) is 3.30. The Morgan fingerprint density at radius 2 is 1.80 bits per heavy atom. The summed E-state index contributed by atoms with van der Waals surface area (Å²) in [4.78, 5) is 12.9. The molecular weight excluding hydrogens is 376 g/mol. The Bertz CT molecular complexity index is 1170. The molecule has 6 nitrogen and oxygen atoms in total. The molecule has 5 rings (SSSR count). The molecule has 0 aliphatic carbocycles. The van der Waals surface area contributed by atoms with Crippen molar-refractivity contribution in [1.82, 2.24) is 20.3 Å². The number of carbonyl (C=O) groups is 1. The lowest BCUT2D eigenvalue weighted by molar-refractivity contribution is 0.0178. The number of carbonyl (C=O) groups excluding carboxylic acids is 1. The van der Waals surface area contributed by atoms with Crippen molar-refractivity contribution in [2.75, 3.05) is 13.1 Å². The van der Waals surface area contributed by atoms with Crippen LogP contribution < -0.4 is 5.32 Å². The fourth-order valence-electron chi connectivity index (χ4n) is 3.97. The standard InChI is InChI=1S/C24H22N4O2/c29-24(19-11-10-17-6-4-5-7-18(17)14-19)30-23-15-25-13-12-21(23)22-16-28(27-26-22)20-8-2-1-3-9-20/h1-11,14,16,21,23,25H,12-13,15H2/t21-,23+/m1/s1. The third kappa shape index (κ3) is 3.69.